The maximum Gasteiger partial charge on any atom is 0.421 e. The summed E-state index contributed by atoms with van der Waals surface area (Å²) < 4.78 is 0. The Hall–Kier alpha value is -0.810. The van der Waals surface area contributed by atoms with Gasteiger partial charge >= 0.3 is 6.09 Å². The average Bonchev–Trinajstić information content (AvgIpc) is 2.74. The van der Waals surface area contributed by atoms with Crippen LogP contribution in [-0.4, -0.2) is 54.8 Å². The molecule has 1 amide bonds. The van der Waals surface area contributed by atoms with Crippen molar-refractivity contribution in [2.24, 2.45) is 5.92 Å². The van der Waals surface area contributed by atoms with E-state index in [2.05, 4.69) is 10.3 Å². The lowest BCUT2D eigenvalue weighted by molar-refractivity contribution is 0.113. The molecule has 1 aliphatic carbocycles. The predicted molar refractivity (Wildman–Crippen MR) is 67.9 cm³/mol. The molecular weight excluding hydrogens is 218 g/mol. The Morgan fingerprint density at radius 3 is 2.47 bits per heavy atom. The molecular formula is C12H25N3O2. The van der Waals surface area contributed by atoms with E-state index in [1.165, 1.54) is 30.7 Å². The number of hydrogen-bond donors (Lipinski definition) is 2. The first kappa shape index (κ1) is 14.3. The van der Waals surface area contributed by atoms with Crippen LogP contribution >= 0.6 is 0 Å². The molecule has 2 N–H and O–H groups in total. The van der Waals surface area contributed by atoms with Gasteiger partial charge in [-0.1, -0.05) is 12.8 Å². The zero-order chi connectivity index (χ0) is 12.7. The summed E-state index contributed by atoms with van der Waals surface area (Å²) in [5, 5.41) is 10.4. The topological polar surface area (TPSA) is 55.8 Å². The van der Waals surface area contributed by atoms with E-state index in [0.717, 1.165) is 19.5 Å². The zero-order valence-electron chi connectivity index (χ0n) is 11.0. The molecule has 0 aromatic rings. The molecule has 5 heteroatoms. The molecule has 100 valence electrons. The fraction of sp³-hybridized carbons (Fsp3) is 0.917. The molecule has 17 heavy (non-hydrogen) atoms. The van der Waals surface area contributed by atoms with E-state index in [1.807, 2.05) is 14.1 Å². The SMILES string of the molecule is CN(C)CCCN(NCC1CCCC1)C(=O)O. The molecule has 0 aromatic heterocycles. The number of hydrazine groups is 1. The third kappa shape index (κ3) is 5.89. The van der Waals surface area contributed by atoms with Crippen molar-refractivity contribution in [3.05, 3.63) is 0 Å². The van der Waals surface area contributed by atoms with Crippen LogP contribution in [0, 0.1) is 5.92 Å². The van der Waals surface area contributed by atoms with Gasteiger partial charge in [0, 0.05) is 13.1 Å². The summed E-state index contributed by atoms with van der Waals surface area (Å²) in [7, 11) is 3.99. The number of carboxylic acid groups (broad SMARTS) is 1. The van der Waals surface area contributed by atoms with Crippen molar-refractivity contribution >= 4 is 6.09 Å². The summed E-state index contributed by atoms with van der Waals surface area (Å²) in [5.74, 6) is 0.658. The van der Waals surface area contributed by atoms with Gasteiger partial charge in [-0.3, -0.25) is 0 Å². The highest BCUT2D eigenvalue weighted by Gasteiger charge is 2.17. The van der Waals surface area contributed by atoms with Crippen molar-refractivity contribution < 1.29 is 9.90 Å². The molecule has 0 atom stereocenters. The van der Waals surface area contributed by atoms with Gasteiger partial charge < -0.3 is 10.0 Å². The largest absolute Gasteiger partial charge is 0.464 e. The monoisotopic (exact) mass is 243 g/mol. The molecule has 0 radical (unpaired) electrons. The van der Waals surface area contributed by atoms with Crippen LogP contribution in [0.5, 0.6) is 0 Å². The van der Waals surface area contributed by atoms with Crippen LogP contribution < -0.4 is 5.43 Å². The van der Waals surface area contributed by atoms with Crippen molar-refractivity contribution in [1.82, 2.24) is 15.3 Å². The summed E-state index contributed by atoms with van der Waals surface area (Å²) >= 11 is 0. The fourth-order valence-corrected chi connectivity index (χ4v) is 2.24. The molecule has 0 bridgehead atoms. The molecule has 0 saturated heterocycles. The third-order valence-corrected chi connectivity index (χ3v) is 3.26. The number of hydrogen-bond acceptors (Lipinski definition) is 3. The van der Waals surface area contributed by atoms with Crippen LogP contribution in [0.3, 0.4) is 0 Å². The van der Waals surface area contributed by atoms with Gasteiger partial charge in [0.1, 0.15) is 0 Å². The summed E-state index contributed by atoms with van der Waals surface area (Å²) in [4.78, 5) is 13.1. The number of nitrogens with one attached hydrogen (secondary N) is 1. The Balaban J connectivity index is 2.20. The number of carbonyl (C=O) groups is 1. The molecule has 5 nitrogen and oxygen atoms in total. The molecule has 1 saturated carbocycles. The lowest BCUT2D eigenvalue weighted by atomic mass is 10.1. The van der Waals surface area contributed by atoms with E-state index in [9.17, 15) is 4.79 Å². The number of nitrogens with zero attached hydrogens (tertiary/aromatic N) is 2. The van der Waals surface area contributed by atoms with Gasteiger partial charge in [-0.15, -0.1) is 0 Å². The van der Waals surface area contributed by atoms with Gasteiger partial charge in [0.2, 0.25) is 0 Å². The minimum absolute atomic E-state index is 0.556. The summed E-state index contributed by atoms with van der Waals surface area (Å²) in [6.07, 6.45) is 5.04. The van der Waals surface area contributed by atoms with Crippen LogP contribution in [0.15, 0.2) is 0 Å². The molecule has 1 aliphatic rings. The highest BCUT2D eigenvalue weighted by molar-refractivity contribution is 5.64. The minimum atomic E-state index is -0.873. The van der Waals surface area contributed by atoms with Gasteiger partial charge in [-0.25, -0.2) is 15.2 Å². The Morgan fingerprint density at radius 1 is 1.29 bits per heavy atom. The van der Waals surface area contributed by atoms with Gasteiger partial charge in [-0.05, 0) is 45.8 Å². The van der Waals surface area contributed by atoms with Crippen LogP contribution in [0.4, 0.5) is 4.79 Å². The first-order valence-electron chi connectivity index (χ1n) is 6.48. The lowest BCUT2D eigenvalue weighted by Crippen LogP contribution is -2.45. The van der Waals surface area contributed by atoms with Crippen LogP contribution in [0.2, 0.25) is 0 Å². The Labute approximate surface area is 104 Å². The van der Waals surface area contributed by atoms with Crippen molar-refractivity contribution in [2.75, 3.05) is 33.7 Å². The normalized spacial score (nSPS) is 16.6. The van der Waals surface area contributed by atoms with Gasteiger partial charge in [-0.2, -0.15) is 0 Å². The van der Waals surface area contributed by atoms with Crippen LogP contribution in [0.25, 0.3) is 0 Å². The average molecular weight is 243 g/mol. The van der Waals surface area contributed by atoms with Crippen molar-refractivity contribution in [1.29, 1.82) is 0 Å². The van der Waals surface area contributed by atoms with Gasteiger partial charge in [0.05, 0.1) is 0 Å². The summed E-state index contributed by atoms with van der Waals surface area (Å²) in [5.41, 5.74) is 3.05. The zero-order valence-corrected chi connectivity index (χ0v) is 11.0. The second-order valence-electron chi connectivity index (χ2n) is 5.10. The molecule has 0 aromatic carbocycles. The molecule has 0 aliphatic heterocycles. The van der Waals surface area contributed by atoms with Crippen LogP contribution in [-0.2, 0) is 0 Å². The van der Waals surface area contributed by atoms with E-state index >= 15 is 0 Å². The summed E-state index contributed by atoms with van der Waals surface area (Å²) in [6, 6.07) is 0. The Kier molecular flexibility index (Phi) is 6.29. The Bertz CT molecular complexity index is 228. The lowest BCUT2D eigenvalue weighted by Gasteiger charge is -2.23. The number of amides is 1. The van der Waals surface area contributed by atoms with E-state index in [1.54, 1.807) is 0 Å². The van der Waals surface area contributed by atoms with E-state index < -0.39 is 6.09 Å². The second-order valence-corrected chi connectivity index (χ2v) is 5.10. The van der Waals surface area contributed by atoms with Crippen molar-refractivity contribution in [2.45, 2.75) is 32.1 Å². The molecule has 0 spiro atoms. The molecule has 1 fully saturated rings. The first-order valence-corrected chi connectivity index (χ1v) is 6.48. The Morgan fingerprint density at radius 2 is 1.94 bits per heavy atom. The second kappa shape index (κ2) is 7.50. The van der Waals surface area contributed by atoms with Gasteiger partial charge in [0.15, 0.2) is 0 Å². The quantitative estimate of drug-likeness (QED) is 0.667. The highest BCUT2D eigenvalue weighted by Crippen LogP contribution is 2.23. The van der Waals surface area contributed by atoms with Crippen LogP contribution in [0.1, 0.15) is 32.1 Å². The van der Waals surface area contributed by atoms with E-state index in [4.69, 9.17) is 5.11 Å². The van der Waals surface area contributed by atoms with Gasteiger partial charge in [0.25, 0.3) is 0 Å². The minimum Gasteiger partial charge on any atom is -0.464 e. The van der Waals surface area contributed by atoms with E-state index in [-0.39, 0.29) is 0 Å². The highest BCUT2D eigenvalue weighted by atomic mass is 16.4. The fourth-order valence-electron chi connectivity index (χ4n) is 2.24. The maximum absolute atomic E-state index is 11.0. The standard InChI is InChI=1S/C12H25N3O2/c1-14(2)8-5-9-15(12(16)17)13-10-11-6-3-4-7-11/h11,13H,3-10H2,1-2H3,(H,16,17). The maximum atomic E-state index is 11.0. The van der Waals surface area contributed by atoms with Crippen molar-refractivity contribution in [3.8, 4) is 0 Å². The van der Waals surface area contributed by atoms with Crippen molar-refractivity contribution in [3.63, 3.8) is 0 Å². The first-order chi connectivity index (χ1) is 8.09. The predicted octanol–water partition coefficient (Wildman–Crippen LogP) is 1.61. The van der Waals surface area contributed by atoms with E-state index in [0.29, 0.717) is 12.5 Å². The third-order valence-electron chi connectivity index (χ3n) is 3.26. The molecule has 1 rings (SSSR count). The molecule has 0 unspecified atom stereocenters. The smallest absolute Gasteiger partial charge is 0.421 e. The molecule has 0 heterocycles. The summed E-state index contributed by atoms with van der Waals surface area (Å²) in [6.45, 7) is 2.27. The number of rotatable bonds is 7.